The summed E-state index contributed by atoms with van der Waals surface area (Å²) in [5.41, 5.74) is -1.08. The Kier molecular flexibility index (Phi) is 7.32. The molecule has 2 atom stereocenters. The molecule has 124 valence electrons. The van der Waals surface area contributed by atoms with Gasteiger partial charge in [-0.05, 0) is 26.7 Å². The largest absolute Gasteiger partial charge is 0.359 e. The van der Waals surface area contributed by atoms with Gasteiger partial charge in [-0.25, -0.2) is 0 Å². The van der Waals surface area contributed by atoms with E-state index in [0.29, 0.717) is 12.8 Å². The predicted molar refractivity (Wildman–Crippen MR) is 80.3 cm³/mol. The molecule has 0 heterocycles. The average Bonchev–Trinajstić information content (AvgIpc) is 2.30. The lowest BCUT2D eigenvalue weighted by Gasteiger charge is -2.27. The average molecular weight is 322 g/mol. The number of amides is 2. The minimum absolute atomic E-state index is 0.116. The molecule has 7 nitrogen and oxygen atoms in total. The highest BCUT2D eigenvalue weighted by Crippen LogP contribution is 2.17. The summed E-state index contributed by atoms with van der Waals surface area (Å²) in [6, 6.07) is 0. The fourth-order valence-electron chi connectivity index (χ4n) is 2.15. The molecule has 2 amide bonds. The van der Waals surface area contributed by atoms with Gasteiger partial charge in [-0.2, -0.15) is 8.42 Å². The Balaban J connectivity index is 4.68. The summed E-state index contributed by atoms with van der Waals surface area (Å²) in [5, 5.41) is 5.15. The van der Waals surface area contributed by atoms with Crippen LogP contribution in [-0.4, -0.2) is 43.1 Å². The molecule has 0 aromatic heterocycles. The van der Waals surface area contributed by atoms with Gasteiger partial charge in [0.05, 0.1) is 11.3 Å². The molecule has 0 aliphatic heterocycles. The molecule has 0 spiro atoms. The van der Waals surface area contributed by atoms with E-state index < -0.39 is 27.3 Å². The highest BCUT2D eigenvalue weighted by Gasteiger charge is 2.30. The first-order chi connectivity index (χ1) is 9.41. The normalized spacial score (nSPS) is 15.1. The van der Waals surface area contributed by atoms with Crippen molar-refractivity contribution in [3.8, 4) is 0 Å². The van der Waals surface area contributed by atoms with Crippen LogP contribution in [0.5, 0.6) is 0 Å². The van der Waals surface area contributed by atoms with E-state index in [4.69, 9.17) is 4.55 Å². The zero-order valence-corrected chi connectivity index (χ0v) is 14.1. The van der Waals surface area contributed by atoms with Crippen molar-refractivity contribution in [3.05, 3.63) is 0 Å². The van der Waals surface area contributed by atoms with Gasteiger partial charge in [0.25, 0.3) is 10.1 Å². The first-order valence-corrected chi connectivity index (χ1v) is 8.51. The van der Waals surface area contributed by atoms with Gasteiger partial charge in [-0.1, -0.05) is 13.8 Å². The fraction of sp³-hybridized carbons (Fsp3) is 0.846. The standard InChI is InChI=1S/C13H26N2O5S/c1-6-10(12(17)14-5)7-9(2)11(16)15-13(3,4)8-21(18,19)20/h9-10H,6-8H2,1-5H3,(H,14,17)(H,15,16)(H,18,19,20). The Morgan fingerprint density at radius 2 is 1.76 bits per heavy atom. The molecule has 21 heavy (non-hydrogen) atoms. The number of carbonyl (C=O) groups is 2. The van der Waals surface area contributed by atoms with Crippen molar-refractivity contribution in [2.45, 2.75) is 46.1 Å². The summed E-state index contributed by atoms with van der Waals surface area (Å²) in [7, 11) is -2.63. The molecule has 0 aliphatic rings. The van der Waals surface area contributed by atoms with E-state index in [0.717, 1.165) is 0 Å². The number of rotatable bonds is 8. The van der Waals surface area contributed by atoms with Gasteiger partial charge in [-0.3, -0.25) is 14.1 Å². The molecule has 3 N–H and O–H groups in total. The van der Waals surface area contributed by atoms with Crippen molar-refractivity contribution in [1.82, 2.24) is 10.6 Å². The quantitative estimate of drug-likeness (QED) is 0.565. The molecule has 0 fully saturated rings. The molecule has 8 heteroatoms. The second-order valence-corrected chi connectivity index (χ2v) is 7.41. The topological polar surface area (TPSA) is 113 Å². The van der Waals surface area contributed by atoms with E-state index in [1.807, 2.05) is 6.92 Å². The van der Waals surface area contributed by atoms with Crippen molar-refractivity contribution in [2.75, 3.05) is 12.8 Å². The summed E-state index contributed by atoms with van der Waals surface area (Å²) in [5.74, 6) is -1.72. The van der Waals surface area contributed by atoms with Crippen LogP contribution in [0.3, 0.4) is 0 Å². The van der Waals surface area contributed by atoms with Gasteiger partial charge >= 0.3 is 0 Å². The Hall–Kier alpha value is -1.15. The molecular formula is C13H26N2O5S. The lowest BCUT2D eigenvalue weighted by Crippen LogP contribution is -2.50. The first kappa shape index (κ1) is 19.9. The number of hydrogen-bond acceptors (Lipinski definition) is 4. The monoisotopic (exact) mass is 322 g/mol. The minimum atomic E-state index is -4.18. The Bertz CT molecular complexity index is 473. The summed E-state index contributed by atoms with van der Waals surface area (Å²) in [6.45, 7) is 6.58. The molecule has 0 aromatic rings. The van der Waals surface area contributed by atoms with Crippen LogP contribution in [0.25, 0.3) is 0 Å². The van der Waals surface area contributed by atoms with Gasteiger partial charge in [0.2, 0.25) is 11.8 Å². The van der Waals surface area contributed by atoms with Crippen molar-refractivity contribution >= 4 is 21.9 Å². The first-order valence-electron chi connectivity index (χ1n) is 6.90. The van der Waals surface area contributed by atoms with Crippen LogP contribution in [-0.2, 0) is 19.7 Å². The fourth-order valence-corrected chi connectivity index (χ4v) is 3.13. The molecule has 0 bridgehead atoms. The molecular weight excluding hydrogens is 296 g/mol. The van der Waals surface area contributed by atoms with Gasteiger partial charge in [0.1, 0.15) is 0 Å². The number of carbonyl (C=O) groups excluding carboxylic acids is 2. The highest BCUT2D eigenvalue weighted by atomic mass is 32.2. The van der Waals surface area contributed by atoms with E-state index in [-0.39, 0.29) is 17.7 Å². The predicted octanol–water partition coefficient (Wildman–Crippen LogP) is 0.567. The lowest BCUT2D eigenvalue weighted by molar-refractivity contribution is -0.128. The maximum atomic E-state index is 12.1. The van der Waals surface area contributed by atoms with Crippen LogP contribution in [0.2, 0.25) is 0 Å². The van der Waals surface area contributed by atoms with Crippen molar-refractivity contribution in [2.24, 2.45) is 11.8 Å². The van der Waals surface area contributed by atoms with Crippen LogP contribution in [0.15, 0.2) is 0 Å². The second-order valence-electron chi connectivity index (χ2n) is 5.96. The number of hydrogen-bond donors (Lipinski definition) is 3. The number of nitrogens with one attached hydrogen (secondary N) is 2. The van der Waals surface area contributed by atoms with Crippen molar-refractivity contribution in [3.63, 3.8) is 0 Å². The zero-order valence-electron chi connectivity index (χ0n) is 13.3. The van der Waals surface area contributed by atoms with E-state index >= 15 is 0 Å². The smallest absolute Gasteiger partial charge is 0.267 e. The maximum absolute atomic E-state index is 12.1. The third-order valence-electron chi connectivity index (χ3n) is 3.20. The van der Waals surface area contributed by atoms with E-state index in [2.05, 4.69) is 10.6 Å². The molecule has 0 saturated heterocycles. The maximum Gasteiger partial charge on any atom is 0.267 e. The van der Waals surface area contributed by atoms with Crippen LogP contribution < -0.4 is 10.6 Å². The van der Waals surface area contributed by atoms with Gasteiger partial charge in [-0.15, -0.1) is 0 Å². The summed E-state index contributed by atoms with van der Waals surface area (Å²) < 4.78 is 30.7. The molecule has 2 unspecified atom stereocenters. The Labute approximate surface area is 126 Å². The Morgan fingerprint density at radius 3 is 2.14 bits per heavy atom. The molecule has 0 radical (unpaired) electrons. The molecule has 0 aromatic carbocycles. The van der Waals surface area contributed by atoms with Gasteiger partial charge in [0.15, 0.2) is 0 Å². The van der Waals surface area contributed by atoms with Crippen LogP contribution in [0.1, 0.15) is 40.5 Å². The van der Waals surface area contributed by atoms with E-state index in [1.165, 1.54) is 13.8 Å². The Morgan fingerprint density at radius 1 is 1.24 bits per heavy atom. The molecule has 0 aliphatic carbocycles. The second kappa shape index (κ2) is 7.74. The lowest BCUT2D eigenvalue weighted by atomic mass is 9.91. The van der Waals surface area contributed by atoms with Gasteiger partial charge in [0, 0.05) is 18.9 Å². The van der Waals surface area contributed by atoms with Crippen LogP contribution >= 0.6 is 0 Å². The SMILES string of the molecule is CCC(CC(C)C(=O)NC(C)(C)CS(=O)(=O)O)C(=O)NC. The van der Waals surface area contributed by atoms with E-state index in [1.54, 1.807) is 14.0 Å². The third kappa shape index (κ3) is 8.01. The van der Waals surface area contributed by atoms with Gasteiger partial charge < -0.3 is 10.6 Å². The zero-order chi connectivity index (χ0) is 16.8. The summed E-state index contributed by atoms with van der Waals surface area (Å²) in [6.07, 6.45) is 0.996. The molecule has 0 rings (SSSR count). The minimum Gasteiger partial charge on any atom is -0.359 e. The molecule has 0 saturated carbocycles. The highest BCUT2D eigenvalue weighted by molar-refractivity contribution is 7.85. The summed E-state index contributed by atoms with van der Waals surface area (Å²) >= 11 is 0. The van der Waals surface area contributed by atoms with Crippen molar-refractivity contribution in [1.29, 1.82) is 0 Å². The van der Waals surface area contributed by atoms with E-state index in [9.17, 15) is 18.0 Å². The van der Waals surface area contributed by atoms with Crippen LogP contribution in [0, 0.1) is 11.8 Å². The third-order valence-corrected chi connectivity index (χ3v) is 4.29. The van der Waals surface area contributed by atoms with Crippen molar-refractivity contribution < 1.29 is 22.6 Å². The van der Waals surface area contributed by atoms with Crippen LogP contribution in [0.4, 0.5) is 0 Å². The summed E-state index contributed by atoms with van der Waals surface area (Å²) in [4.78, 5) is 23.7.